The molecule has 128 valence electrons. The van der Waals surface area contributed by atoms with E-state index in [2.05, 4.69) is 5.10 Å². The molecule has 0 radical (unpaired) electrons. The van der Waals surface area contributed by atoms with Crippen LogP contribution in [-0.2, 0) is 14.5 Å². The van der Waals surface area contributed by atoms with Gasteiger partial charge in [-0.25, -0.2) is 0 Å². The molecule has 2 spiro atoms. The summed E-state index contributed by atoms with van der Waals surface area (Å²) in [4.78, 5) is 12.0. The molecule has 0 aromatic carbocycles. The molecule has 0 atom stereocenters. The summed E-state index contributed by atoms with van der Waals surface area (Å²) in [6.07, 6.45) is 13.4. The summed E-state index contributed by atoms with van der Waals surface area (Å²) in [5, 5.41) is 3.62. The second-order valence-electron chi connectivity index (χ2n) is 8.72. The zero-order valence-electron chi connectivity index (χ0n) is 13.8. The third kappa shape index (κ3) is 2.19. The Labute approximate surface area is 137 Å². The average Bonchev–Trinajstić information content (AvgIpc) is 2.92. The molecule has 6 fully saturated rings. The van der Waals surface area contributed by atoms with E-state index < -0.39 is 11.6 Å². The van der Waals surface area contributed by atoms with Gasteiger partial charge < -0.3 is 10.6 Å². The SMILES string of the molecule is N/N=C/CC1CCC2(CC1)OOC1(O2)C2CC3CC(C2)CC1C3. The quantitative estimate of drug-likeness (QED) is 0.367. The normalized spacial score (nSPS) is 54.7. The summed E-state index contributed by atoms with van der Waals surface area (Å²) in [5.74, 6) is 7.91. The van der Waals surface area contributed by atoms with Crippen LogP contribution in [-0.4, -0.2) is 17.8 Å². The zero-order chi connectivity index (χ0) is 15.5. The number of hydrogen-bond acceptors (Lipinski definition) is 5. The first kappa shape index (κ1) is 14.7. The van der Waals surface area contributed by atoms with Gasteiger partial charge in [-0.05, 0) is 69.1 Å². The van der Waals surface area contributed by atoms with Crippen molar-refractivity contribution in [3.05, 3.63) is 0 Å². The van der Waals surface area contributed by atoms with E-state index in [-0.39, 0.29) is 0 Å². The minimum atomic E-state index is -0.480. The van der Waals surface area contributed by atoms with Crippen LogP contribution in [0.15, 0.2) is 5.10 Å². The van der Waals surface area contributed by atoms with Crippen molar-refractivity contribution < 1.29 is 14.5 Å². The maximum atomic E-state index is 6.70. The van der Waals surface area contributed by atoms with Crippen molar-refractivity contribution in [2.24, 2.45) is 40.5 Å². The minimum Gasteiger partial charge on any atom is -0.324 e. The second-order valence-corrected chi connectivity index (χ2v) is 8.72. The molecule has 6 rings (SSSR count). The van der Waals surface area contributed by atoms with Crippen LogP contribution in [0.1, 0.15) is 64.2 Å². The first-order valence-corrected chi connectivity index (χ1v) is 9.50. The molecule has 0 aromatic heterocycles. The van der Waals surface area contributed by atoms with Gasteiger partial charge in [0.05, 0.1) is 0 Å². The smallest absolute Gasteiger partial charge is 0.210 e. The predicted octanol–water partition coefficient (Wildman–Crippen LogP) is 3.34. The fraction of sp³-hybridized carbons (Fsp3) is 0.944. The third-order valence-electron chi connectivity index (χ3n) is 7.36. The van der Waals surface area contributed by atoms with Crippen LogP contribution in [0.4, 0.5) is 0 Å². The molecule has 4 bridgehead atoms. The van der Waals surface area contributed by atoms with Crippen LogP contribution in [0, 0.1) is 29.6 Å². The van der Waals surface area contributed by atoms with E-state index in [1.807, 2.05) is 6.21 Å². The van der Waals surface area contributed by atoms with Gasteiger partial charge in [0.25, 0.3) is 0 Å². The molecule has 5 aliphatic carbocycles. The third-order valence-corrected chi connectivity index (χ3v) is 7.36. The molecular weight excluding hydrogens is 292 g/mol. The maximum absolute atomic E-state index is 6.70. The predicted molar refractivity (Wildman–Crippen MR) is 85.0 cm³/mol. The molecule has 1 heterocycles. The Morgan fingerprint density at radius 1 is 0.957 bits per heavy atom. The van der Waals surface area contributed by atoms with Crippen molar-refractivity contribution in [3.63, 3.8) is 0 Å². The van der Waals surface area contributed by atoms with Crippen LogP contribution in [0.25, 0.3) is 0 Å². The molecule has 1 saturated heterocycles. The van der Waals surface area contributed by atoms with Crippen LogP contribution >= 0.6 is 0 Å². The standard InChI is InChI=1S/C18H28N2O3/c19-20-6-3-12-1-4-17(5-2-12)21-18(23-22-17)15-8-13-7-14(10-15)11-16(18)9-13/h6,12-16H,1-5,7-11,19H2/b20-6+. The van der Waals surface area contributed by atoms with Crippen LogP contribution in [0.3, 0.4) is 0 Å². The van der Waals surface area contributed by atoms with E-state index in [1.165, 1.54) is 32.1 Å². The summed E-state index contributed by atoms with van der Waals surface area (Å²) in [5.41, 5.74) is 0. The lowest BCUT2D eigenvalue weighted by molar-refractivity contribution is -0.390. The lowest BCUT2D eigenvalue weighted by Gasteiger charge is -2.57. The Hall–Kier alpha value is -0.650. The van der Waals surface area contributed by atoms with Crippen LogP contribution in [0.2, 0.25) is 0 Å². The van der Waals surface area contributed by atoms with E-state index in [1.54, 1.807) is 0 Å². The van der Waals surface area contributed by atoms with Gasteiger partial charge in [-0.2, -0.15) is 14.9 Å². The largest absolute Gasteiger partial charge is 0.324 e. The number of hydrogen-bond donors (Lipinski definition) is 1. The van der Waals surface area contributed by atoms with Crippen molar-refractivity contribution in [1.29, 1.82) is 0 Å². The molecule has 0 aromatic rings. The molecule has 5 saturated carbocycles. The van der Waals surface area contributed by atoms with Crippen molar-refractivity contribution in [2.75, 3.05) is 0 Å². The fourth-order valence-electron chi connectivity index (χ4n) is 6.36. The number of nitrogens with zero attached hydrogens (tertiary/aromatic N) is 1. The molecule has 2 N–H and O–H groups in total. The van der Waals surface area contributed by atoms with Crippen molar-refractivity contribution in [2.45, 2.75) is 75.8 Å². The molecule has 5 heteroatoms. The van der Waals surface area contributed by atoms with Gasteiger partial charge in [0.15, 0.2) is 0 Å². The van der Waals surface area contributed by atoms with Gasteiger partial charge in [-0.1, -0.05) is 0 Å². The molecular formula is C18H28N2O3. The Kier molecular flexibility index (Phi) is 3.30. The highest BCUT2D eigenvalue weighted by Gasteiger charge is 2.66. The van der Waals surface area contributed by atoms with Crippen LogP contribution in [0.5, 0.6) is 0 Å². The number of nitrogens with two attached hydrogens (primary N) is 1. The first-order chi connectivity index (χ1) is 11.2. The molecule has 0 amide bonds. The first-order valence-electron chi connectivity index (χ1n) is 9.50. The molecule has 1 aliphatic heterocycles. The fourth-order valence-corrected chi connectivity index (χ4v) is 6.36. The van der Waals surface area contributed by atoms with Gasteiger partial charge in [0, 0.05) is 30.9 Å². The topological polar surface area (TPSA) is 66.1 Å². The monoisotopic (exact) mass is 320 g/mol. The Balaban J connectivity index is 1.30. The Bertz CT molecular complexity index is 470. The van der Waals surface area contributed by atoms with E-state index in [0.717, 1.165) is 43.9 Å². The Morgan fingerprint density at radius 2 is 1.61 bits per heavy atom. The van der Waals surface area contributed by atoms with Gasteiger partial charge in [0.2, 0.25) is 11.6 Å². The second kappa shape index (κ2) is 5.17. The molecule has 6 aliphatic rings. The summed E-state index contributed by atoms with van der Waals surface area (Å²) in [6.45, 7) is 0. The van der Waals surface area contributed by atoms with Crippen molar-refractivity contribution in [1.82, 2.24) is 0 Å². The number of hydrazone groups is 1. The van der Waals surface area contributed by atoms with Crippen LogP contribution < -0.4 is 5.84 Å². The van der Waals surface area contributed by atoms with E-state index in [9.17, 15) is 0 Å². The summed E-state index contributed by atoms with van der Waals surface area (Å²) in [7, 11) is 0. The van der Waals surface area contributed by atoms with E-state index in [4.69, 9.17) is 20.4 Å². The van der Waals surface area contributed by atoms with Gasteiger partial charge in [-0.15, -0.1) is 0 Å². The lowest BCUT2D eigenvalue weighted by Crippen LogP contribution is -2.59. The van der Waals surface area contributed by atoms with Gasteiger partial charge in [-0.3, -0.25) is 0 Å². The molecule has 5 nitrogen and oxygen atoms in total. The lowest BCUT2D eigenvalue weighted by atomic mass is 9.53. The van der Waals surface area contributed by atoms with Gasteiger partial charge >= 0.3 is 0 Å². The van der Waals surface area contributed by atoms with Crippen molar-refractivity contribution in [3.8, 4) is 0 Å². The average molecular weight is 320 g/mol. The summed E-state index contributed by atoms with van der Waals surface area (Å²) in [6, 6.07) is 0. The van der Waals surface area contributed by atoms with Crippen molar-refractivity contribution >= 4 is 6.21 Å². The highest BCUT2D eigenvalue weighted by Crippen LogP contribution is 2.63. The summed E-state index contributed by atoms with van der Waals surface area (Å²) >= 11 is 0. The Morgan fingerprint density at radius 3 is 2.22 bits per heavy atom. The zero-order valence-corrected chi connectivity index (χ0v) is 13.8. The maximum Gasteiger partial charge on any atom is 0.210 e. The minimum absolute atomic E-state index is 0.418. The number of ether oxygens (including phenoxy) is 1. The van der Waals surface area contributed by atoms with E-state index >= 15 is 0 Å². The van der Waals surface area contributed by atoms with E-state index in [0.29, 0.717) is 17.8 Å². The van der Waals surface area contributed by atoms with Gasteiger partial charge in [0.1, 0.15) is 0 Å². The molecule has 23 heavy (non-hydrogen) atoms. The number of rotatable bonds is 2. The molecule has 0 unspecified atom stereocenters. The summed E-state index contributed by atoms with van der Waals surface area (Å²) < 4.78 is 6.70. The highest BCUT2D eigenvalue weighted by molar-refractivity contribution is 5.56. The highest BCUT2D eigenvalue weighted by atomic mass is 17.3.